The van der Waals surface area contributed by atoms with E-state index in [4.69, 9.17) is 5.73 Å². The second kappa shape index (κ2) is 9.06. The predicted octanol–water partition coefficient (Wildman–Crippen LogP) is 3.33. The van der Waals surface area contributed by atoms with Crippen LogP contribution < -0.4 is 5.73 Å². The lowest BCUT2D eigenvalue weighted by Gasteiger charge is -2.38. The lowest BCUT2D eigenvalue weighted by molar-refractivity contribution is -0.136. The second-order valence-corrected chi connectivity index (χ2v) is 5.63. The Kier molecular flexibility index (Phi) is 7.76. The Morgan fingerprint density at radius 3 is 2.67 bits per heavy atom. The lowest BCUT2D eigenvalue weighted by Crippen LogP contribution is -2.46. The molecule has 1 fully saturated rings. The Bertz CT molecular complexity index is 422. The largest absolute Gasteiger partial charge is 0.339 e. The van der Waals surface area contributed by atoms with E-state index in [0.29, 0.717) is 12.6 Å². The molecular formula is C17H27ClN2O. The van der Waals surface area contributed by atoms with Crippen LogP contribution in [0.4, 0.5) is 0 Å². The molecule has 2 atom stereocenters. The van der Waals surface area contributed by atoms with Gasteiger partial charge >= 0.3 is 0 Å². The van der Waals surface area contributed by atoms with Crippen LogP contribution in [0.2, 0.25) is 0 Å². The molecule has 1 heterocycles. The molecule has 3 nitrogen and oxygen atoms in total. The molecule has 1 aromatic carbocycles. The van der Waals surface area contributed by atoms with Crippen molar-refractivity contribution in [2.75, 3.05) is 13.1 Å². The van der Waals surface area contributed by atoms with Crippen LogP contribution in [0.5, 0.6) is 0 Å². The topological polar surface area (TPSA) is 46.3 Å². The van der Waals surface area contributed by atoms with Gasteiger partial charge in [0.2, 0.25) is 5.91 Å². The highest BCUT2D eigenvalue weighted by atomic mass is 35.5. The van der Waals surface area contributed by atoms with Crippen LogP contribution >= 0.6 is 12.4 Å². The van der Waals surface area contributed by atoms with Crippen LogP contribution in [0.15, 0.2) is 30.3 Å². The monoisotopic (exact) mass is 310 g/mol. The van der Waals surface area contributed by atoms with E-state index in [1.807, 2.05) is 18.2 Å². The Labute approximate surface area is 134 Å². The second-order valence-electron chi connectivity index (χ2n) is 5.63. The van der Waals surface area contributed by atoms with Crippen molar-refractivity contribution in [1.82, 2.24) is 4.90 Å². The standard InChI is InChI=1S/C17H26N2O.ClH/c1-2-16(14-8-4-3-5-9-14)17(20)19-13-7-6-10-15(19)11-12-18;/h3-5,8-9,15-16H,2,6-7,10-13,18H2,1H3;1H. The minimum absolute atomic E-state index is 0. The maximum absolute atomic E-state index is 12.9. The quantitative estimate of drug-likeness (QED) is 0.906. The van der Waals surface area contributed by atoms with Gasteiger partial charge in [0.05, 0.1) is 5.92 Å². The Balaban J connectivity index is 0.00000220. The zero-order chi connectivity index (χ0) is 14.4. The van der Waals surface area contributed by atoms with Crippen LogP contribution in [0, 0.1) is 0 Å². The highest BCUT2D eigenvalue weighted by Gasteiger charge is 2.30. The fourth-order valence-corrected chi connectivity index (χ4v) is 3.22. The van der Waals surface area contributed by atoms with Gasteiger partial charge in [-0.2, -0.15) is 0 Å². The number of hydrogen-bond acceptors (Lipinski definition) is 2. The summed E-state index contributed by atoms with van der Waals surface area (Å²) >= 11 is 0. The Morgan fingerprint density at radius 2 is 2.05 bits per heavy atom. The van der Waals surface area contributed by atoms with Crippen molar-refractivity contribution < 1.29 is 4.79 Å². The van der Waals surface area contributed by atoms with Crippen LogP contribution in [0.3, 0.4) is 0 Å². The molecule has 21 heavy (non-hydrogen) atoms. The fraction of sp³-hybridized carbons (Fsp3) is 0.588. The molecule has 1 aliphatic rings. The number of hydrogen-bond donors (Lipinski definition) is 1. The van der Waals surface area contributed by atoms with Gasteiger partial charge in [-0.3, -0.25) is 4.79 Å². The van der Waals surface area contributed by atoms with Gasteiger partial charge in [0, 0.05) is 12.6 Å². The van der Waals surface area contributed by atoms with E-state index in [1.54, 1.807) is 0 Å². The number of benzene rings is 1. The molecule has 2 N–H and O–H groups in total. The molecule has 0 radical (unpaired) electrons. The number of amides is 1. The molecule has 0 aromatic heterocycles. The normalized spacial score (nSPS) is 19.7. The SMILES string of the molecule is CCC(C(=O)N1CCCCC1CCN)c1ccccc1.Cl. The van der Waals surface area contributed by atoms with Crippen molar-refractivity contribution in [1.29, 1.82) is 0 Å². The molecule has 1 aliphatic heterocycles. The highest BCUT2D eigenvalue weighted by Crippen LogP contribution is 2.27. The molecular weight excluding hydrogens is 284 g/mol. The maximum atomic E-state index is 12.9. The van der Waals surface area contributed by atoms with Gasteiger partial charge in [-0.25, -0.2) is 0 Å². The van der Waals surface area contributed by atoms with E-state index in [1.165, 1.54) is 6.42 Å². The molecule has 0 saturated carbocycles. The van der Waals surface area contributed by atoms with Gasteiger partial charge in [-0.15, -0.1) is 12.4 Å². The summed E-state index contributed by atoms with van der Waals surface area (Å²) in [5.41, 5.74) is 6.84. The maximum Gasteiger partial charge on any atom is 0.230 e. The first-order valence-electron chi connectivity index (χ1n) is 7.83. The first kappa shape index (κ1) is 18.0. The van der Waals surface area contributed by atoms with Crippen molar-refractivity contribution in [3.8, 4) is 0 Å². The van der Waals surface area contributed by atoms with Crippen molar-refractivity contribution in [2.24, 2.45) is 5.73 Å². The highest BCUT2D eigenvalue weighted by molar-refractivity contribution is 5.85. The van der Waals surface area contributed by atoms with Crippen LogP contribution in [-0.4, -0.2) is 29.9 Å². The number of halogens is 1. The van der Waals surface area contributed by atoms with E-state index in [-0.39, 0.29) is 24.2 Å². The summed E-state index contributed by atoms with van der Waals surface area (Å²) in [5, 5.41) is 0. The summed E-state index contributed by atoms with van der Waals surface area (Å²) in [6.45, 7) is 3.65. The third-order valence-corrected chi connectivity index (χ3v) is 4.32. The van der Waals surface area contributed by atoms with E-state index < -0.39 is 0 Å². The fourth-order valence-electron chi connectivity index (χ4n) is 3.22. The molecule has 1 aromatic rings. The minimum Gasteiger partial charge on any atom is -0.339 e. The summed E-state index contributed by atoms with van der Waals surface area (Å²) in [5.74, 6) is 0.284. The number of rotatable bonds is 5. The molecule has 118 valence electrons. The van der Waals surface area contributed by atoms with E-state index in [2.05, 4.69) is 24.0 Å². The third kappa shape index (κ3) is 4.45. The summed E-state index contributed by atoms with van der Waals surface area (Å²) in [7, 11) is 0. The molecule has 0 bridgehead atoms. The summed E-state index contributed by atoms with van der Waals surface area (Å²) < 4.78 is 0. The Morgan fingerprint density at radius 1 is 1.33 bits per heavy atom. The van der Waals surface area contributed by atoms with Crippen LogP contribution in [-0.2, 0) is 4.79 Å². The van der Waals surface area contributed by atoms with Gasteiger partial charge in [0.25, 0.3) is 0 Å². The molecule has 1 saturated heterocycles. The number of carbonyl (C=O) groups excluding carboxylic acids is 1. The number of carbonyl (C=O) groups is 1. The van der Waals surface area contributed by atoms with Gasteiger partial charge in [0.15, 0.2) is 0 Å². The number of nitrogens with two attached hydrogens (primary N) is 1. The lowest BCUT2D eigenvalue weighted by atomic mass is 9.91. The van der Waals surface area contributed by atoms with Gasteiger partial charge in [0.1, 0.15) is 0 Å². The average molecular weight is 311 g/mol. The number of piperidine rings is 1. The first-order valence-corrected chi connectivity index (χ1v) is 7.83. The van der Waals surface area contributed by atoms with Crippen molar-refractivity contribution >= 4 is 18.3 Å². The smallest absolute Gasteiger partial charge is 0.230 e. The van der Waals surface area contributed by atoms with Crippen molar-refractivity contribution in [3.63, 3.8) is 0 Å². The van der Waals surface area contributed by atoms with Crippen molar-refractivity contribution in [3.05, 3.63) is 35.9 Å². The zero-order valence-electron chi connectivity index (χ0n) is 12.8. The van der Waals surface area contributed by atoms with E-state index >= 15 is 0 Å². The van der Waals surface area contributed by atoms with E-state index in [0.717, 1.165) is 37.8 Å². The molecule has 2 rings (SSSR count). The molecule has 0 spiro atoms. The summed E-state index contributed by atoms with van der Waals surface area (Å²) in [6, 6.07) is 10.5. The average Bonchev–Trinajstić information content (AvgIpc) is 2.50. The summed E-state index contributed by atoms with van der Waals surface area (Å²) in [6.07, 6.45) is 5.23. The zero-order valence-corrected chi connectivity index (χ0v) is 13.6. The minimum atomic E-state index is -0.00502. The number of likely N-dealkylation sites (tertiary alicyclic amines) is 1. The third-order valence-electron chi connectivity index (χ3n) is 4.32. The van der Waals surface area contributed by atoms with E-state index in [9.17, 15) is 4.79 Å². The molecule has 0 aliphatic carbocycles. The molecule has 2 unspecified atom stereocenters. The Hall–Kier alpha value is -1.06. The van der Waals surface area contributed by atoms with Crippen LogP contribution in [0.25, 0.3) is 0 Å². The summed E-state index contributed by atoms with van der Waals surface area (Å²) in [4.78, 5) is 15.0. The molecule has 4 heteroatoms. The van der Waals surface area contributed by atoms with Gasteiger partial charge < -0.3 is 10.6 Å². The predicted molar refractivity (Wildman–Crippen MR) is 89.7 cm³/mol. The molecule has 1 amide bonds. The van der Waals surface area contributed by atoms with Gasteiger partial charge in [-0.05, 0) is 44.2 Å². The number of nitrogens with zero attached hydrogens (tertiary/aromatic N) is 1. The van der Waals surface area contributed by atoms with Crippen molar-refractivity contribution in [2.45, 2.75) is 51.0 Å². The van der Waals surface area contributed by atoms with Crippen LogP contribution in [0.1, 0.15) is 50.5 Å². The first-order chi connectivity index (χ1) is 9.77. The van der Waals surface area contributed by atoms with Gasteiger partial charge in [-0.1, -0.05) is 37.3 Å².